The van der Waals surface area contributed by atoms with Crippen LogP contribution >= 0.6 is 11.8 Å². The maximum atomic E-state index is 2.34. The van der Waals surface area contributed by atoms with E-state index in [-0.39, 0.29) is 0 Å². The van der Waals surface area contributed by atoms with Crippen LogP contribution in [0.1, 0.15) is 47.0 Å². The number of hydrogen-bond acceptors (Lipinski definition) is 1. The molecule has 0 saturated carbocycles. The van der Waals surface area contributed by atoms with Gasteiger partial charge in [0.15, 0.2) is 0 Å². The lowest BCUT2D eigenvalue weighted by Gasteiger charge is -2.22. The van der Waals surface area contributed by atoms with Crippen LogP contribution in [0.2, 0.25) is 0 Å². The van der Waals surface area contributed by atoms with E-state index < -0.39 is 0 Å². The fraction of sp³-hybridized carbons (Fsp3) is 1.00. The van der Waals surface area contributed by atoms with Crippen LogP contribution in [0.15, 0.2) is 0 Å². The van der Waals surface area contributed by atoms with Crippen LogP contribution in [0.4, 0.5) is 0 Å². The van der Waals surface area contributed by atoms with E-state index in [4.69, 9.17) is 0 Å². The Morgan fingerprint density at radius 3 is 2.10 bits per heavy atom. The molecule has 0 bridgehead atoms. The summed E-state index contributed by atoms with van der Waals surface area (Å²) in [5.74, 6) is 1.31. The van der Waals surface area contributed by atoms with Crippen LogP contribution in [-0.2, 0) is 0 Å². The highest BCUT2D eigenvalue weighted by Crippen LogP contribution is 2.29. The highest BCUT2D eigenvalue weighted by atomic mass is 32.2. The second kappa shape index (κ2) is 5.06. The first-order valence-corrected chi connectivity index (χ1v) is 5.25. The summed E-state index contributed by atoms with van der Waals surface area (Å²) in [4.78, 5) is 0. The van der Waals surface area contributed by atoms with Gasteiger partial charge in [-0.25, -0.2) is 0 Å². The second-order valence-electron chi connectivity index (χ2n) is 3.36. The lowest BCUT2D eigenvalue weighted by atomic mass is 10.1. The van der Waals surface area contributed by atoms with Crippen LogP contribution in [0.3, 0.4) is 0 Å². The van der Waals surface area contributed by atoms with E-state index in [9.17, 15) is 0 Å². The van der Waals surface area contributed by atoms with Crippen molar-refractivity contribution in [1.29, 1.82) is 0 Å². The van der Waals surface area contributed by atoms with E-state index in [0.29, 0.717) is 4.75 Å². The average molecular weight is 160 g/mol. The third-order valence-corrected chi connectivity index (χ3v) is 3.15. The molecule has 0 atom stereocenters. The third kappa shape index (κ3) is 5.16. The lowest BCUT2D eigenvalue weighted by Crippen LogP contribution is -2.14. The molecule has 0 fully saturated rings. The Morgan fingerprint density at radius 1 is 1.10 bits per heavy atom. The molecule has 1 heteroatoms. The van der Waals surface area contributed by atoms with Gasteiger partial charge >= 0.3 is 0 Å². The fourth-order valence-electron chi connectivity index (χ4n) is 1.05. The zero-order chi connectivity index (χ0) is 8.04. The minimum Gasteiger partial charge on any atom is -0.156 e. The third-order valence-electron chi connectivity index (χ3n) is 1.55. The summed E-state index contributed by atoms with van der Waals surface area (Å²) in [5.41, 5.74) is 0. The zero-order valence-corrected chi connectivity index (χ0v) is 8.55. The van der Waals surface area contributed by atoms with Crippen molar-refractivity contribution in [3.05, 3.63) is 0 Å². The van der Waals surface area contributed by atoms with E-state index >= 15 is 0 Å². The molecule has 0 aliphatic carbocycles. The van der Waals surface area contributed by atoms with Crippen LogP contribution in [-0.4, -0.2) is 10.5 Å². The monoisotopic (exact) mass is 160 g/mol. The molecule has 0 radical (unpaired) electrons. The Hall–Kier alpha value is 0.350. The molecule has 0 aromatic carbocycles. The summed E-state index contributed by atoms with van der Waals surface area (Å²) < 4.78 is 0.519. The van der Waals surface area contributed by atoms with Gasteiger partial charge in [-0.3, -0.25) is 0 Å². The maximum Gasteiger partial charge on any atom is 0.0103 e. The molecule has 0 aliphatic heterocycles. The van der Waals surface area contributed by atoms with Gasteiger partial charge < -0.3 is 0 Å². The molecule has 0 aromatic rings. The minimum atomic E-state index is 0.519. The van der Waals surface area contributed by atoms with E-state index in [2.05, 4.69) is 39.5 Å². The lowest BCUT2D eigenvalue weighted by molar-refractivity contribution is 0.626. The molecule has 0 saturated heterocycles. The predicted octanol–water partition coefficient (Wildman–Crippen LogP) is 3.71. The molecule has 0 heterocycles. The average Bonchev–Trinajstić information content (AvgIpc) is 1.84. The van der Waals surface area contributed by atoms with Gasteiger partial charge in [-0.2, -0.15) is 11.8 Å². The maximum absolute atomic E-state index is 2.34. The predicted molar refractivity (Wildman–Crippen MR) is 51.7 cm³/mol. The molecular weight excluding hydrogens is 140 g/mol. The van der Waals surface area contributed by atoms with Gasteiger partial charge in [0.2, 0.25) is 0 Å². The number of rotatable bonds is 5. The van der Waals surface area contributed by atoms with E-state index in [1.54, 1.807) is 0 Å². The smallest absolute Gasteiger partial charge is 0.0103 e. The summed E-state index contributed by atoms with van der Waals surface area (Å²) in [6.07, 6.45) is 3.96. The van der Waals surface area contributed by atoms with Crippen molar-refractivity contribution < 1.29 is 0 Å². The van der Waals surface area contributed by atoms with Gasteiger partial charge in [0.1, 0.15) is 0 Å². The van der Waals surface area contributed by atoms with Crippen LogP contribution in [0.25, 0.3) is 0 Å². The van der Waals surface area contributed by atoms with Crippen molar-refractivity contribution in [3.63, 3.8) is 0 Å². The molecular formula is C9H20S. The Labute approximate surface area is 69.8 Å². The van der Waals surface area contributed by atoms with Crippen molar-refractivity contribution in [2.24, 2.45) is 0 Å². The highest BCUT2D eigenvalue weighted by Gasteiger charge is 2.15. The Kier molecular flexibility index (Phi) is 5.24. The summed E-state index contributed by atoms with van der Waals surface area (Å²) >= 11 is 2.10. The Morgan fingerprint density at radius 2 is 1.70 bits per heavy atom. The highest BCUT2D eigenvalue weighted by molar-refractivity contribution is 8.00. The zero-order valence-electron chi connectivity index (χ0n) is 7.74. The summed E-state index contributed by atoms with van der Waals surface area (Å²) in [5, 5.41) is 0. The molecule has 62 valence electrons. The molecule has 10 heavy (non-hydrogen) atoms. The summed E-state index contributed by atoms with van der Waals surface area (Å²) in [7, 11) is 0. The second-order valence-corrected chi connectivity index (χ2v) is 5.16. The first-order valence-electron chi connectivity index (χ1n) is 4.26. The van der Waals surface area contributed by atoms with Crippen LogP contribution in [0.5, 0.6) is 0 Å². The van der Waals surface area contributed by atoms with Crippen molar-refractivity contribution >= 4 is 11.8 Å². The Bertz CT molecular complexity index is 76.8. The SMILES string of the molecule is CCCSC(C)(C)CCC. The summed E-state index contributed by atoms with van der Waals surface area (Å²) in [6, 6.07) is 0. The van der Waals surface area contributed by atoms with Gasteiger partial charge in [-0.1, -0.05) is 34.1 Å². The van der Waals surface area contributed by atoms with Gasteiger partial charge in [0.05, 0.1) is 0 Å². The molecule has 0 aromatic heterocycles. The minimum absolute atomic E-state index is 0.519. The topological polar surface area (TPSA) is 0 Å². The Balaban J connectivity index is 3.42. The molecule has 0 aliphatic rings. The molecule has 0 N–H and O–H groups in total. The molecule has 0 unspecified atom stereocenters. The van der Waals surface area contributed by atoms with Crippen molar-refractivity contribution in [2.45, 2.75) is 51.7 Å². The first-order chi connectivity index (χ1) is 4.62. The van der Waals surface area contributed by atoms with Crippen molar-refractivity contribution in [2.75, 3.05) is 5.75 Å². The molecule has 0 spiro atoms. The molecule has 0 nitrogen and oxygen atoms in total. The van der Waals surface area contributed by atoms with Gasteiger partial charge in [-0.05, 0) is 18.6 Å². The van der Waals surface area contributed by atoms with Crippen LogP contribution in [0, 0.1) is 0 Å². The van der Waals surface area contributed by atoms with E-state index in [1.807, 2.05) is 0 Å². The molecule has 0 amide bonds. The van der Waals surface area contributed by atoms with Gasteiger partial charge in [0.25, 0.3) is 0 Å². The largest absolute Gasteiger partial charge is 0.156 e. The molecule has 0 rings (SSSR count). The van der Waals surface area contributed by atoms with Gasteiger partial charge in [0, 0.05) is 4.75 Å². The normalized spacial score (nSPS) is 12.0. The number of thioether (sulfide) groups is 1. The van der Waals surface area contributed by atoms with Crippen molar-refractivity contribution in [1.82, 2.24) is 0 Å². The van der Waals surface area contributed by atoms with Crippen LogP contribution < -0.4 is 0 Å². The van der Waals surface area contributed by atoms with E-state index in [0.717, 1.165) is 0 Å². The first kappa shape index (κ1) is 10.3. The van der Waals surface area contributed by atoms with Gasteiger partial charge in [-0.15, -0.1) is 0 Å². The summed E-state index contributed by atoms with van der Waals surface area (Å²) in [6.45, 7) is 9.19. The fourth-order valence-corrected chi connectivity index (χ4v) is 2.16. The standard InChI is InChI=1S/C9H20S/c1-5-7-9(3,4)10-8-6-2/h5-8H2,1-4H3. The van der Waals surface area contributed by atoms with E-state index in [1.165, 1.54) is 25.0 Å². The number of hydrogen-bond donors (Lipinski definition) is 0. The van der Waals surface area contributed by atoms with Crippen molar-refractivity contribution in [3.8, 4) is 0 Å². The quantitative estimate of drug-likeness (QED) is 0.591.